The lowest BCUT2D eigenvalue weighted by Gasteiger charge is -2.36. The number of nitrogens with zero attached hydrogens (tertiary/aromatic N) is 1. The molecule has 2 rings (SSSR count). The second kappa shape index (κ2) is 6.71. The normalized spacial score (nSPS) is 25.6. The summed E-state index contributed by atoms with van der Waals surface area (Å²) < 4.78 is 0. The Labute approximate surface area is 117 Å². The minimum absolute atomic E-state index is 0.0238. The van der Waals surface area contributed by atoms with E-state index in [0.29, 0.717) is 18.1 Å². The molecular weight excluding hydrogens is 238 g/mol. The molecule has 0 bridgehead atoms. The van der Waals surface area contributed by atoms with E-state index in [9.17, 15) is 4.79 Å². The molecule has 19 heavy (non-hydrogen) atoms. The third kappa shape index (κ3) is 4.46. The van der Waals surface area contributed by atoms with Crippen molar-refractivity contribution < 1.29 is 4.79 Å². The largest absolute Gasteiger partial charge is 0.352 e. The average Bonchev–Trinajstić information content (AvgIpc) is 3.20. The highest BCUT2D eigenvalue weighted by molar-refractivity contribution is 5.81. The van der Waals surface area contributed by atoms with Crippen LogP contribution < -0.4 is 10.6 Å². The second-order valence-electron chi connectivity index (χ2n) is 6.40. The zero-order valence-corrected chi connectivity index (χ0v) is 12.6. The summed E-state index contributed by atoms with van der Waals surface area (Å²) in [6.45, 7) is 8.52. The molecule has 1 saturated carbocycles. The summed E-state index contributed by atoms with van der Waals surface area (Å²) in [5, 5.41) is 6.70. The van der Waals surface area contributed by atoms with E-state index in [4.69, 9.17) is 0 Å². The van der Waals surface area contributed by atoms with E-state index < -0.39 is 0 Å². The van der Waals surface area contributed by atoms with Crippen LogP contribution >= 0.6 is 0 Å². The number of hydrogen-bond donors (Lipinski definition) is 2. The van der Waals surface area contributed by atoms with Gasteiger partial charge in [0.1, 0.15) is 0 Å². The molecule has 2 unspecified atom stereocenters. The third-order valence-corrected chi connectivity index (χ3v) is 4.31. The summed E-state index contributed by atoms with van der Waals surface area (Å²) in [5.74, 6) is 0.201. The topological polar surface area (TPSA) is 44.4 Å². The van der Waals surface area contributed by atoms with Gasteiger partial charge in [-0.2, -0.15) is 0 Å². The Morgan fingerprint density at radius 2 is 2.00 bits per heavy atom. The highest BCUT2D eigenvalue weighted by atomic mass is 16.2. The van der Waals surface area contributed by atoms with Crippen LogP contribution in [0.15, 0.2) is 0 Å². The van der Waals surface area contributed by atoms with E-state index in [2.05, 4.69) is 29.4 Å². The van der Waals surface area contributed by atoms with Gasteiger partial charge in [-0.25, -0.2) is 0 Å². The van der Waals surface area contributed by atoms with Crippen LogP contribution in [0.5, 0.6) is 0 Å². The fraction of sp³-hybridized carbons (Fsp3) is 0.933. The molecule has 4 heteroatoms. The molecule has 110 valence electrons. The SMILES string of the molecule is CC(C)N(CC1CCCCN1)C(C)C(=O)NC1CC1. The van der Waals surface area contributed by atoms with Crippen LogP contribution in [-0.2, 0) is 4.79 Å². The van der Waals surface area contributed by atoms with Gasteiger partial charge in [0, 0.05) is 24.7 Å². The Morgan fingerprint density at radius 3 is 2.53 bits per heavy atom. The molecular formula is C15H29N3O. The van der Waals surface area contributed by atoms with Crippen LogP contribution in [0, 0.1) is 0 Å². The van der Waals surface area contributed by atoms with Crippen molar-refractivity contribution in [3.63, 3.8) is 0 Å². The van der Waals surface area contributed by atoms with Gasteiger partial charge in [-0.3, -0.25) is 9.69 Å². The lowest BCUT2D eigenvalue weighted by Crippen LogP contribution is -2.53. The molecule has 1 aliphatic carbocycles. The van der Waals surface area contributed by atoms with Crippen molar-refractivity contribution in [1.82, 2.24) is 15.5 Å². The lowest BCUT2D eigenvalue weighted by molar-refractivity contribution is -0.126. The third-order valence-electron chi connectivity index (χ3n) is 4.31. The predicted octanol–water partition coefficient (Wildman–Crippen LogP) is 1.51. The van der Waals surface area contributed by atoms with Gasteiger partial charge in [0.25, 0.3) is 0 Å². The van der Waals surface area contributed by atoms with Crippen molar-refractivity contribution in [3.05, 3.63) is 0 Å². The molecule has 0 radical (unpaired) electrons. The van der Waals surface area contributed by atoms with Gasteiger partial charge in [0.2, 0.25) is 5.91 Å². The zero-order valence-electron chi connectivity index (χ0n) is 12.6. The molecule has 2 atom stereocenters. The quantitative estimate of drug-likeness (QED) is 0.766. The zero-order chi connectivity index (χ0) is 13.8. The molecule has 0 aromatic heterocycles. The fourth-order valence-electron chi connectivity index (χ4n) is 2.85. The Bertz CT molecular complexity index is 296. The van der Waals surface area contributed by atoms with E-state index in [1.807, 2.05) is 6.92 Å². The first-order chi connectivity index (χ1) is 9.08. The predicted molar refractivity (Wildman–Crippen MR) is 78.1 cm³/mol. The molecule has 0 aromatic carbocycles. The van der Waals surface area contributed by atoms with E-state index in [0.717, 1.165) is 25.9 Å². The minimum atomic E-state index is -0.0238. The molecule has 0 aromatic rings. The van der Waals surface area contributed by atoms with Gasteiger partial charge in [0.05, 0.1) is 6.04 Å². The number of rotatable bonds is 6. The Balaban J connectivity index is 1.87. The van der Waals surface area contributed by atoms with Gasteiger partial charge in [-0.05, 0) is 53.0 Å². The number of nitrogens with one attached hydrogen (secondary N) is 2. The smallest absolute Gasteiger partial charge is 0.237 e. The summed E-state index contributed by atoms with van der Waals surface area (Å²) >= 11 is 0. The molecule has 0 spiro atoms. The fourth-order valence-corrected chi connectivity index (χ4v) is 2.85. The Hall–Kier alpha value is -0.610. The average molecular weight is 267 g/mol. The molecule has 1 amide bonds. The molecule has 4 nitrogen and oxygen atoms in total. The van der Waals surface area contributed by atoms with Gasteiger partial charge >= 0.3 is 0 Å². The maximum Gasteiger partial charge on any atom is 0.237 e. The first-order valence-corrected chi connectivity index (χ1v) is 7.87. The van der Waals surface area contributed by atoms with E-state index in [1.165, 1.54) is 19.3 Å². The molecule has 2 fully saturated rings. The Morgan fingerprint density at radius 1 is 1.26 bits per heavy atom. The van der Waals surface area contributed by atoms with Gasteiger partial charge < -0.3 is 10.6 Å². The highest BCUT2D eigenvalue weighted by Gasteiger charge is 2.30. The number of hydrogen-bond acceptors (Lipinski definition) is 3. The number of amides is 1. The van der Waals surface area contributed by atoms with Crippen LogP contribution in [0.3, 0.4) is 0 Å². The Kier molecular flexibility index (Phi) is 5.22. The monoisotopic (exact) mass is 267 g/mol. The van der Waals surface area contributed by atoms with E-state index >= 15 is 0 Å². The summed E-state index contributed by atoms with van der Waals surface area (Å²) in [7, 11) is 0. The van der Waals surface area contributed by atoms with Crippen LogP contribution in [-0.4, -0.2) is 48.1 Å². The molecule has 1 aliphatic heterocycles. The van der Waals surface area contributed by atoms with Crippen LogP contribution in [0.25, 0.3) is 0 Å². The first kappa shape index (κ1) is 14.8. The van der Waals surface area contributed by atoms with Gasteiger partial charge in [-0.1, -0.05) is 6.42 Å². The summed E-state index contributed by atoms with van der Waals surface area (Å²) in [6, 6.07) is 1.39. The van der Waals surface area contributed by atoms with Crippen molar-refractivity contribution in [1.29, 1.82) is 0 Å². The lowest BCUT2D eigenvalue weighted by atomic mass is 10.0. The van der Waals surface area contributed by atoms with E-state index in [-0.39, 0.29) is 11.9 Å². The maximum atomic E-state index is 12.2. The van der Waals surface area contributed by atoms with Crippen LogP contribution in [0.2, 0.25) is 0 Å². The van der Waals surface area contributed by atoms with Crippen LogP contribution in [0.1, 0.15) is 52.9 Å². The minimum Gasteiger partial charge on any atom is -0.352 e. The second-order valence-corrected chi connectivity index (χ2v) is 6.40. The summed E-state index contributed by atoms with van der Waals surface area (Å²) in [4.78, 5) is 14.5. The standard InChI is InChI=1S/C15H29N3O/c1-11(2)18(10-14-6-4-5-9-16-14)12(3)15(19)17-13-7-8-13/h11-14,16H,4-10H2,1-3H3,(H,17,19). The number of piperidine rings is 1. The van der Waals surface area contributed by atoms with Crippen molar-refractivity contribution in [2.45, 2.75) is 77.0 Å². The van der Waals surface area contributed by atoms with Crippen molar-refractivity contribution in [2.24, 2.45) is 0 Å². The van der Waals surface area contributed by atoms with Gasteiger partial charge in [-0.15, -0.1) is 0 Å². The molecule has 2 aliphatic rings. The van der Waals surface area contributed by atoms with Crippen LogP contribution in [0.4, 0.5) is 0 Å². The van der Waals surface area contributed by atoms with E-state index in [1.54, 1.807) is 0 Å². The first-order valence-electron chi connectivity index (χ1n) is 7.87. The van der Waals surface area contributed by atoms with Gasteiger partial charge in [0.15, 0.2) is 0 Å². The highest BCUT2D eigenvalue weighted by Crippen LogP contribution is 2.20. The van der Waals surface area contributed by atoms with Crippen molar-refractivity contribution in [3.8, 4) is 0 Å². The number of carbonyl (C=O) groups is 1. The molecule has 2 N–H and O–H groups in total. The summed E-state index contributed by atoms with van der Waals surface area (Å²) in [5.41, 5.74) is 0. The maximum absolute atomic E-state index is 12.2. The summed E-state index contributed by atoms with van der Waals surface area (Å²) in [6.07, 6.45) is 6.15. The molecule has 1 heterocycles. The molecule has 1 saturated heterocycles. The number of carbonyl (C=O) groups excluding carboxylic acids is 1. The van der Waals surface area contributed by atoms with Crippen molar-refractivity contribution in [2.75, 3.05) is 13.1 Å². The van der Waals surface area contributed by atoms with Crippen molar-refractivity contribution >= 4 is 5.91 Å².